The van der Waals surface area contributed by atoms with Gasteiger partial charge in [0.05, 0.1) is 37.2 Å². The van der Waals surface area contributed by atoms with Gasteiger partial charge in [-0.25, -0.2) is 9.78 Å². The van der Waals surface area contributed by atoms with Crippen molar-refractivity contribution in [1.29, 1.82) is 0 Å². The number of hydrogen-bond acceptors (Lipinski definition) is 6. The van der Waals surface area contributed by atoms with Crippen molar-refractivity contribution in [3.05, 3.63) is 30.1 Å². The van der Waals surface area contributed by atoms with Crippen LogP contribution >= 0.6 is 0 Å². The summed E-state index contributed by atoms with van der Waals surface area (Å²) < 4.78 is 12.8. The normalized spacial score (nSPS) is 23.0. The highest BCUT2D eigenvalue weighted by Crippen LogP contribution is 2.33. The van der Waals surface area contributed by atoms with Gasteiger partial charge in [0.1, 0.15) is 11.4 Å². The van der Waals surface area contributed by atoms with E-state index in [2.05, 4.69) is 10.1 Å². The Morgan fingerprint density at radius 2 is 2.19 bits per heavy atom. The zero-order chi connectivity index (χ0) is 18.5. The van der Waals surface area contributed by atoms with Crippen molar-refractivity contribution in [3.8, 4) is 0 Å². The lowest BCUT2D eigenvalue weighted by atomic mass is 9.92. The Morgan fingerprint density at radius 3 is 2.92 bits per heavy atom. The fourth-order valence-electron chi connectivity index (χ4n) is 3.49. The fraction of sp³-hybridized carbons (Fsp3) is 0.500. The van der Waals surface area contributed by atoms with Gasteiger partial charge in [0.15, 0.2) is 5.65 Å². The van der Waals surface area contributed by atoms with E-state index in [1.807, 2.05) is 39.0 Å². The molecule has 8 nitrogen and oxygen atoms in total. The van der Waals surface area contributed by atoms with E-state index in [-0.39, 0.29) is 18.2 Å². The van der Waals surface area contributed by atoms with Crippen LogP contribution in [0.4, 0.5) is 10.6 Å². The molecule has 4 rings (SSSR count). The topological polar surface area (TPSA) is 95.0 Å². The Labute approximate surface area is 151 Å². The van der Waals surface area contributed by atoms with Crippen LogP contribution in [0.2, 0.25) is 0 Å². The summed E-state index contributed by atoms with van der Waals surface area (Å²) in [6.07, 6.45) is 4.05. The second-order valence-electron chi connectivity index (χ2n) is 7.71. The molecule has 2 atom stereocenters. The van der Waals surface area contributed by atoms with Crippen LogP contribution in [0.3, 0.4) is 0 Å². The smallest absolute Gasteiger partial charge is 0.411 e. The first-order chi connectivity index (χ1) is 12.3. The Morgan fingerprint density at radius 1 is 1.38 bits per heavy atom. The highest BCUT2D eigenvalue weighted by molar-refractivity contribution is 5.75. The number of anilines is 1. The van der Waals surface area contributed by atoms with Crippen LogP contribution in [0.5, 0.6) is 0 Å². The third-order valence-corrected chi connectivity index (χ3v) is 4.52. The van der Waals surface area contributed by atoms with Gasteiger partial charge in [0.2, 0.25) is 0 Å². The molecule has 2 aliphatic rings. The summed E-state index contributed by atoms with van der Waals surface area (Å²) in [5.41, 5.74) is 8.15. The third-order valence-electron chi connectivity index (χ3n) is 4.52. The third kappa shape index (κ3) is 3.01. The first kappa shape index (κ1) is 16.8. The van der Waals surface area contributed by atoms with Gasteiger partial charge in [-0.1, -0.05) is 6.08 Å². The molecule has 2 bridgehead atoms. The monoisotopic (exact) mass is 357 g/mol. The molecule has 0 aliphatic carbocycles. The minimum absolute atomic E-state index is 0.0761. The molecule has 1 saturated heterocycles. The number of carbonyl (C=O) groups is 1. The molecular formula is C18H23N5O3. The molecule has 1 fully saturated rings. The lowest BCUT2D eigenvalue weighted by Crippen LogP contribution is -2.57. The number of fused-ring (bicyclic) bond motifs is 3. The molecule has 2 N–H and O–H groups in total. The van der Waals surface area contributed by atoms with Gasteiger partial charge in [-0.2, -0.15) is 9.61 Å². The highest BCUT2D eigenvalue weighted by atomic mass is 16.6. The minimum Gasteiger partial charge on any atom is -0.444 e. The van der Waals surface area contributed by atoms with Crippen molar-refractivity contribution in [2.24, 2.45) is 0 Å². The number of nitrogens with two attached hydrogens (primary N) is 1. The molecule has 0 spiro atoms. The van der Waals surface area contributed by atoms with E-state index in [9.17, 15) is 4.79 Å². The van der Waals surface area contributed by atoms with Gasteiger partial charge in [-0.15, -0.1) is 0 Å². The largest absolute Gasteiger partial charge is 0.444 e. The molecule has 2 aliphatic heterocycles. The van der Waals surface area contributed by atoms with Crippen molar-refractivity contribution < 1.29 is 14.3 Å². The van der Waals surface area contributed by atoms with E-state index in [4.69, 9.17) is 15.2 Å². The summed E-state index contributed by atoms with van der Waals surface area (Å²) in [7, 11) is 0. The number of rotatable bonds is 1. The summed E-state index contributed by atoms with van der Waals surface area (Å²) in [5, 5.41) is 4.15. The van der Waals surface area contributed by atoms with Crippen molar-refractivity contribution in [2.45, 2.75) is 44.9 Å². The predicted octanol–water partition coefficient (Wildman–Crippen LogP) is 2.10. The van der Waals surface area contributed by atoms with E-state index < -0.39 is 5.60 Å². The molecule has 0 radical (unpaired) electrons. The van der Waals surface area contributed by atoms with Crippen molar-refractivity contribution >= 4 is 23.1 Å². The predicted molar refractivity (Wildman–Crippen MR) is 96.5 cm³/mol. The van der Waals surface area contributed by atoms with Crippen molar-refractivity contribution in [2.75, 3.05) is 18.9 Å². The standard InChI is InChI=1S/C18H23N5O3/c1-18(2,3)26-17(24)22-12-6-11(7-13(22)10-25-9-12)14-8-15(19)23-16(21-14)4-5-20-23/h4-6,8,12-13H,7,9-10,19H2,1-3H3. The Hall–Kier alpha value is -2.61. The van der Waals surface area contributed by atoms with E-state index in [1.54, 1.807) is 15.6 Å². The van der Waals surface area contributed by atoms with Gasteiger partial charge >= 0.3 is 6.09 Å². The van der Waals surface area contributed by atoms with Crippen LogP contribution in [0, 0.1) is 0 Å². The van der Waals surface area contributed by atoms with E-state index in [0.29, 0.717) is 31.1 Å². The minimum atomic E-state index is -0.528. The molecule has 0 saturated carbocycles. The van der Waals surface area contributed by atoms with Gasteiger partial charge in [-0.3, -0.25) is 4.90 Å². The molecule has 1 amide bonds. The van der Waals surface area contributed by atoms with Gasteiger partial charge < -0.3 is 15.2 Å². The summed E-state index contributed by atoms with van der Waals surface area (Å²) in [4.78, 5) is 19.1. The van der Waals surface area contributed by atoms with Crippen LogP contribution < -0.4 is 5.73 Å². The number of amides is 1. The number of hydrogen-bond donors (Lipinski definition) is 1. The van der Waals surface area contributed by atoms with Crippen LogP contribution in [0.25, 0.3) is 11.2 Å². The number of ether oxygens (including phenoxy) is 2. The molecule has 0 aromatic carbocycles. The Bertz CT molecular complexity index is 883. The maximum atomic E-state index is 12.6. The Balaban J connectivity index is 1.66. The van der Waals surface area contributed by atoms with E-state index >= 15 is 0 Å². The van der Waals surface area contributed by atoms with Crippen LogP contribution in [0.1, 0.15) is 32.9 Å². The van der Waals surface area contributed by atoms with Crippen LogP contribution in [0.15, 0.2) is 24.4 Å². The lowest BCUT2D eigenvalue weighted by Gasteiger charge is -2.44. The second kappa shape index (κ2) is 5.98. The van der Waals surface area contributed by atoms with Gasteiger partial charge in [0.25, 0.3) is 0 Å². The first-order valence-corrected chi connectivity index (χ1v) is 8.72. The molecule has 2 aromatic rings. The summed E-state index contributed by atoms with van der Waals surface area (Å²) in [5.74, 6) is 0.534. The SMILES string of the molecule is CC(C)(C)OC(=O)N1C2C=C(c3cc(N)n4nccc4n3)CC1COC2. The van der Waals surface area contributed by atoms with Crippen LogP contribution in [-0.2, 0) is 9.47 Å². The maximum absolute atomic E-state index is 12.6. The summed E-state index contributed by atoms with van der Waals surface area (Å²) in [6.45, 7) is 6.54. The molecule has 26 heavy (non-hydrogen) atoms. The number of aromatic nitrogens is 3. The second-order valence-corrected chi connectivity index (χ2v) is 7.71. The van der Waals surface area contributed by atoms with Gasteiger partial charge in [-0.05, 0) is 32.8 Å². The quantitative estimate of drug-likeness (QED) is 0.840. The number of nitrogen functional groups attached to an aromatic ring is 1. The van der Waals surface area contributed by atoms with Crippen molar-refractivity contribution in [1.82, 2.24) is 19.5 Å². The number of morpholine rings is 1. The molecular weight excluding hydrogens is 334 g/mol. The number of nitrogens with zero attached hydrogens (tertiary/aromatic N) is 4. The molecule has 4 heterocycles. The number of carbonyl (C=O) groups excluding carboxylic acids is 1. The Kier molecular flexibility index (Phi) is 3.87. The molecule has 2 aromatic heterocycles. The first-order valence-electron chi connectivity index (χ1n) is 8.72. The molecule has 2 unspecified atom stereocenters. The van der Waals surface area contributed by atoms with E-state index in [1.165, 1.54) is 0 Å². The summed E-state index contributed by atoms with van der Waals surface area (Å²) >= 11 is 0. The van der Waals surface area contributed by atoms with Gasteiger partial charge in [0, 0.05) is 12.1 Å². The molecule has 8 heteroatoms. The zero-order valence-corrected chi connectivity index (χ0v) is 15.2. The van der Waals surface area contributed by atoms with Crippen molar-refractivity contribution in [3.63, 3.8) is 0 Å². The average Bonchev–Trinajstić information content (AvgIpc) is 3.01. The molecule has 138 valence electrons. The summed E-state index contributed by atoms with van der Waals surface area (Å²) in [6, 6.07) is 3.40. The average molecular weight is 357 g/mol. The van der Waals surface area contributed by atoms with Crippen LogP contribution in [-0.4, -0.2) is 56.5 Å². The maximum Gasteiger partial charge on any atom is 0.411 e. The lowest BCUT2D eigenvalue weighted by molar-refractivity contribution is -0.0511. The zero-order valence-electron chi connectivity index (χ0n) is 15.2. The highest BCUT2D eigenvalue weighted by Gasteiger charge is 2.40. The van der Waals surface area contributed by atoms with E-state index in [0.717, 1.165) is 11.3 Å². The fourth-order valence-corrected chi connectivity index (χ4v) is 3.49.